The van der Waals surface area contributed by atoms with E-state index in [1.807, 2.05) is 21.1 Å². The van der Waals surface area contributed by atoms with Crippen LogP contribution in [0.3, 0.4) is 0 Å². The zero-order valence-corrected chi connectivity index (χ0v) is 40.4. The molecule has 0 aromatic heterocycles. The van der Waals surface area contributed by atoms with Gasteiger partial charge in [0.15, 0.2) is 6.10 Å². The van der Waals surface area contributed by atoms with Gasteiger partial charge in [0, 0.05) is 25.2 Å². The first-order valence-corrected chi connectivity index (χ1v) is 25.2. The van der Waals surface area contributed by atoms with E-state index < -0.39 is 50.6 Å². The normalized spacial score (nSPS) is 19.4. The molecule has 63 heavy (non-hydrogen) atoms. The Balaban J connectivity index is 2.47. The van der Waals surface area contributed by atoms with E-state index in [-0.39, 0.29) is 44.2 Å². The van der Waals surface area contributed by atoms with E-state index in [0.29, 0.717) is 43.1 Å². The van der Waals surface area contributed by atoms with Gasteiger partial charge < -0.3 is 38.1 Å². The van der Waals surface area contributed by atoms with Crippen LogP contribution in [0.15, 0.2) is 72.9 Å². The molecule has 0 amide bonds. The summed E-state index contributed by atoms with van der Waals surface area (Å²) >= 11 is 0. The molecule has 0 aromatic rings. The minimum Gasteiger partial charge on any atom is -0.756 e. The summed E-state index contributed by atoms with van der Waals surface area (Å²) < 4.78 is 33.9. The van der Waals surface area contributed by atoms with Crippen LogP contribution in [-0.4, -0.2) is 98.2 Å². The number of nitrogens with zero attached hydrogens (tertiary/aromatic N) is 1. The summed E-state index contributed by atoms with van der Waals surface area (Å²) in [7, 11) is 0.988. The lowest BCUT2D eigenvalue weighted by Gasteiger charge is -2.28. The van der Waals surface area contributed by atoms with Crippen LogP contribution >= 0.6 is 7.82 Å². The highest BCUT2D eigenvalue weighted by Crippen LogP contribution is 2.38. The Morgan fingerprint density at radius 3 is 1.98 bits per heavy atom. The van der Waals surface area contributed by atoms with Gasteiger partial charge in [-0.05, 0) is 76.5 Å². The number of quaternary nitrogens is 1. The molecule has 0 aromatic carbocycles. The van der Waals surface area contributed by atoms with Gasteiger partial charge in [-0.25, -0.2) is 0 Å². The number of rotatable bonds is 38. The Labute approximate surface area is 380 Å². The van der Waals surface area contributed by atoms with Crippen LogP contribution < -0.4 is 4.89 Å². The smallest absolute Gasteiger partial charge is 0.306 e. The summed E-state index contributed by atoms with van der Waals surface area (Å²) in [5.74, 6) is -1.65. The predicted octanol–water partition coefficient (Wildman–Crippen LogP) is 9.76. The molecule has 6 atom stereocenters. The number of phosphoric ester groups is 1. The average molecular weight is 906 g/mol. The molecule has 0 spiro atoms. The van der Waals surface area contributed by atoms with Crippen molar-refractivity contribution in [1.29, 1.82) is 0 Å². The molecule has 1 aliphatic rings. The van der Waals surface area contributed by atoms with E-state index >= 15 is 0 Å². The SMILES string of the molecule is CC/C=C\C/C=C\C/C=C\C/C=C\C/C=C\CCCCCC(=O)OC[C@H](COP(=O)([O-])OCC[N+](C)(C)C)OC(=O)CCCCCC[C@H]1[C@@H](O)CC(=O)[C@@H]1/C=C/[C@@H](O)CCCCC. The summed E-state index contributed by atoms with van der Waals surface area (Å²) in [6.07, 6.45) is 38.3. The predicted molar refractivity (Wildman–Crippen MR) is 250 cm³/mol. The first-order valence-electron chi connectivity index (χ1n) is 23.7. The summed E-state index contributed by atoms with van der Waals surface area (Å²) in [4.78, 5) is 50.4. The van der Waals surface area contributed by atoms with Gasteiger partial charge in [0.25, 0.3) is 7.82 Å². The van der Waals surface area contributed by atoms with E-state index in [2.05, 4.69) is 74.6 Å². The van der Waals surface area contributed by atoms with Crippen molar-refractivity contribution < 1.29 is 57.1 Å². The quantitative estimate of drug-likeness (QED) is 0.0199. The molecule has 360 valence electrons. The number of unbranched alkanes of at least 4 members (excludes halogenated alkanes) is 8. The molecule has 1 unspecified atom stereocenters. The van der Waals surface area contributed by atoms with Crippen molar-refractivity contribution in [2.75, 3.05) is 47.5 Å². The fourth-order valence-corrected chi connectivity index (χ4v) is 7.61. The molecule has 0 aliphatic heterocycles. The molecule has 1 fully saturated rings. The molecule has 13 heteroatoms. The van der Waals surface area contributed by atoms with Gasteiger partial charge in [-0.2, -0.15) is 0 Å². The summed E-state index contributed by atoms with van der Waals surface area (Å²) in [6, 6.07) is 0. The Morgan fingerprint density at radius 1 is 0.778 bits per heavy atom. The Bertz CT molecular complexity index is 1460. The Kier molecular flexibility index (Phi) is 33.4. The van der Waals surface area contributed by atoms with Crippen LogP contribution in [0, 0.1) is 11.8 Å². The molecular weight excluding hydrogens is 822 g/mol. The number of carbonyl (C=O) groups excluding carboxylic acids is 3. The van der Waals surface area contributed by atoms with Crippen LogP contribution in [-0.2, 0) is 37.5 Å². The highest BCUT2D eigenvalue weighted by Gasteiger charge is 2.39. The molecule has 0 bridgehead atoms. The molecule has 1 rings (SSSR count). The molecule has 1 aliphatic carbocycles. The number of allylic oxidation sites excluding steroid dienone is 11. The van der Waals surface area contributed by atoms with Crippen molar-refractivity contribution in [2.45, 2.75) is 167 Å². The molecule has 1 saturated carbocycles. The second kappa shape index (κ2) is 36.3. The highest BCUT2D eigenvalue weighted by atomic mass is 31.2. The maximum atomic E-state index is 12.8. The van der Waals surface area contributed by atoms with E-state index in [1.54, 1.807) is 12.2 Å². The van der Waals surface area contributed by atoms with Gasteiger partial charge in [-0.1, -0.05) is 132 Å². The molecule has 2 N–H and O–H groups in total. The van der Waals surface area contributed by atoms with Crippen molar-refractivity contribution in [1.82, 2.24) is 0 Å². The van der Waals surface area contributed by atoms with Gasteiger partial charge in [0.1, 0.15) is 25.5 Å². The lowest BCUT2D eigenvalue weighted by atomic mass is 9.88. The van der Waals surface area contributed by atoms with Gasteiger partial charge in [-0.3, -0.25) is 18.9 Å². The third kappa shape index (κ3) is 33.2. The number of ketones is 1. The van der Waals surface area contributed by atoms with Crippen LogP contribution in [0.5, 0.6) is 0 Å². The molecule has 12 nitrogen and oxygen atoms in total. The van der Waals surface area contributed by atoms with Crippen LogP contribution in [0.2, 0.25) is 0 Å². The largest absolute Gasteiger partial charge is 0.756 e. The van der Waals surface area contributed by atoms with Crippen molar-refractivity contribution in [3.63, 3.8) is 0 Å². The minimum atomic E-state index is -4.71. The third-order valence-electron chi connectivity index (χ3n) is 10.6. The lowest BCUT2D eigenvalue weighted by molar-refractivity contribution is -0.870. The van der Waals surface area contributed by atoms with Crippen LogP contribution in [0.4, 0.5) is 0 Å². The number of esters is 2. The maximum Gasteiger partial charge on any atom is 0.306 e. The van der Waals surface area contributed by atoms with E-state index in [0.717, 1.165) is 83.5 Å². The van der Waals surface area contributed by atoms with Gasteiger partial charge >= 0.3 is 11.9 Å². The number of aliphatic hydroxyl groups excluding tert-OH is 2. The fraction of sp³-hybridized carbons (Fsp3) is 0.700. The lowest BCUT2D eigenvalue weighted by Crippen LogP contribution is -2.37. The van der Waals surface area contributed by atoms with E-state index in [9.17, 15) is 34.1 Å². The Morgan fingerprint density at radius 2 is 1.37 bits per heavy atom. The molecular formula is C50H84NO11P. The van der Waals surface area contributed by atoms with E-state index in [4.69, 9.17) is 18.5 Å². The fourth-order valence-electron chi connectivity index (χ4n) is 6.88. The van der Waals surface area contributed by atoms with Crippen molar-refractivity contribution >= 4 is 25.5 Å². The van der Waals surface area contributed by atoms with Crippen molar-refractivity contribution in [2.24, 2.45) is 11.8 Å². The highest BCUT2D eigenvalue weighted by molar-refractivity contribution is 7.45. The number of aliphatic hydroxyl groups is 2. The van der Waals surface area contributed by atoms with Crippen molar-refractivity contribution in [3.8, 4) is 0 Å². The number of ether oxygens (including phenoxy) is 2. The van der Waals surface area contributed by atoms with Crippen molar-refractivity contribution in [3.05, 3.63) is 72.9 Å². The number of hydrogen-bond donors (Lipinski definition) is 2. The number of likely N-dealkylation sites (N-methyl/N-ethyl adjacent to an activating group) is 1. The zero-order chi connectivity index (χ0) is 46.6. The molecule has 0 saturated heterocycles. The summed E-state index contributed by atoms with van der Waals surface area (Å²) in [6.45, 7) is 3.68. The van der Waals surface area contributed by atoms with Crippen LogP contribution in [0.25, 0.3) is 0 Å². The molecule has 0 radical (unpaired) electrons. The monoisotopic (exact) mass is 906 g/mol. The summed E-state index contributed by atoms with van der Waals surface area (Å²) in [5, 5.41) is 20.8. The third-order valence-corrected chi connectivity index (χ3v) is 11.6. The summed E-state index contributed by atoms with van der Waals surface area (Å²) in [5.41, 5.74) is 0. The average Bonchev–Trinajstić information content (AvgIpc) is 3.50. The zero-order valence-electron chi connectivity index (χ0n) is 39.5. The second-order valence-electron chi connectivity index (χ2n) is 17.5. The maximum absolute atomic E-state index is 12.8. The topological polar surface area (TPSA) is 169 Å². The molecule has 0 heterocycles. The Hall–Kier alpha value is -2.96. The van der Waals surface area contributed by atoms with Gasteiger partial charge in [0.2, 0.25) is 0 Å². The number of hydrogen-bond acceptors (Lipinski definition) is 11. The van der Waals surface area contributed by atoms with Gasteiger partial charge in [0.05, 0.1) is 40.0 Å². The van der Waals surface area contributed by atoms with Gasteiger partial charge in [-0.15, -0.1) is 0 Å². The number of Topliss-reactive ketones (excluding diaryl/α,β-unsaturated/α-hetero) is 1. The van der Waals surface area contributed by atoms with Crippen LogP contribution in [0.1, 0.15) is 149 Å². The van der Waals surface area contributed by atoms with E-state index in [1.165, 1.54) is 0 Å². The number of carbonyl (C=O) groups is 3. The minimum absolute atomic E-state index is 0.00596. The number of phosphoric acid groups is 1. The first kappa shape index (κ1) is 58.1. The standard InChI is InChI=1S/C50H84NO11P/c1-6-8-10-11-12-13-14-15-16-17-18-19-20-21-22-23-24-25-30-34-49(55)59-41-44(42-61-63(57,58)60-39-38-51(3,4)5)62-50(56)35-31-27-26-29-33-45-46(48(54)40-47(45)53)37-36-43(52)32-28-9-7-2/h8,10,12-13,15-16,18-19,21-22,36-37,43-47,52-53H,6-7,9,11,14,17,20,23-35,38-42H2,1-5H3/b10-8-,13-12-,16-15-,19-18-,22-21-,37-36+/t43-,44+,45+,46+,47-/m0/s1. The first-order chi connectivity index (χ1) is 30.2. The second-order valence-corrected chi connectivity index (χ2v) is 18.9.